The van der Waals surface area contributed by atoms with Gasteiger partial charge in [-0.15, -0.1) is 0 Å². The quantitative estimate of drug-likeness (QED) is 0.151. The second kappa shape index (κ2) is 15.1. The average Bonchev–Trinajstić information content (AvgIpc) is 3.84. The third-order valence-corrected chi connectivity index (χ3v) is 13.1. The number of hydrogen-bond donors (Lipinski definition) is 0. The van der Waals surface area contributed by atoms with Gasteiger partial charge in [-0.25, -0.2) is 0 Å². The Morgan fingerprint density at radius 1 is 0.222 bits per heavy atom. The van der Waals surface area contributed by atoms with Crippen LogP contribution in [0.3, 0.4) is 0 Å². The van der Waals surface area contributed by atoms with Gasteiger partial charge in [0.05, 0.1) is 11.1 Å². The average molecular weight is 803 g/mol. The number of anilines is 6. The first-order valence-corrected chi connectivity index (χ1v) is 21.8. The summed E-state index contributed by atoms with van der Waals surface area (Å²) in [5.41, 5.74) is 21.3. The zero-order valence-corrected chi connectivity index (χ0v) is 34.6. The fraction of sp³-hybridized carbons (Fsp3) is 0.0164. The van der Waals surface area contributed by atoms with Crippen molar-refractivity contribution in [2.45, 2.75) is 5.41 Å². The summed E-state index contributed by atoms with van der Waals surface area (Å²) >= 11 is 0. The van der Waals surface area contributed by atoms with E-state index in [0.29, 0.717) is 0 Å². The van der Waals surface area contributed by atoms with Gasteiger partial charge in [0, 0.05) is 39.6 Å². The first-order valence-electron chi connectivity index (χ1n) is 21.8. The molecule has 0 aromatic heterocycles. The summed E-state index contributed by atoms with van der Waals surface area (Å²) in [6.07, 6.45) is 0. The van der Waals surface area contributed by atoms with Crippen LogP contribution in [0, 0.1) is 0 Å². The largest absolute Gasteiger partial charge is 0.311 e. The molecule has 2 nitrogen and oxygen atoms in total. The molecular formula is C61H42N2. The fourth-order valence-electron chi connectivity index (χ4n) is 10.4. The zero-order chi connectivity index (χ0) is 41.7. The molecule has 1 spiro atoms. The molecule has 63 heavy (non-hydrogen) atoms. The van der Waals surface area contributed by atoms with E-state index in [0.717, 1.165) is 45.3 Å². The molecule has 0 aliphatic heterocycles. The van der Waals surface area contributed by atoms with Gasteiger partial charge in [0.15, 0.2) is 0 Å². The first kappa shape index (κ1) is 36.6. The van der Waals surface area contributed by atoms with E-state index in [1.165, 1.54) is 55.6 Å². The van der Waals surface area contributed by atoms with Crippen LogP contribution in [-0.4, -0.2) is 0 Å². The lowest BCUT2D eigenvalue weighted by Crippen LogP contribution is -2.26. The predicted molar refractivity (Wildman–Crippen MR) is 263 cm³/mol. The summed E-state index contributed by atoms with van der Waals surface area (Å²) in [6, 6.07) is 93.1. The molecule has 12 rings (SSSR count). The molecule has 10 aromatic rings. The van der Waals surface area contributed by atoms with E-state index in [-0.39, 0.29) is 0 Å². The molecule has 0 amide bonds. The van der Waals surface area contributed by atoms with Crippen molar-refractivity contribution in [3.8, 4) is 44.5 Å². The Morgan fingerprint density at radius 2 is 0.587 bits per heavy atom. The second-order valence-electron chi connectivity index (χ2n) is 16.4. The Kier molecular flexibility index (Phi) is 8.76. The molecule has 296 valence electrons. The van der Waals surface area contributed by atoms with Gasteiger partial charge in [-0.1, -0.05) is 194 Å². The van der Waals surface area contributed by atoms with Gasteiger partial charge in [-0.05, 0) is 116 Å². The number of nitrogens with zero attached hydrogens (tertiary/aromatic N) is 2. The summed E-state index contributed by atoms with van der Waals surface area (Å²) in [6.45, 7) is 0. The van der Waals surface area contributed by atoms with E-state index in [9.17, 15) is 0 Å². The molecule has 2 heteroatoms. The smallest absolute Gasteiger partial charge is 0.0726 e. The molecule has 2 aliphatic rings. The summed E-state index contributed by atoms with van der Waals surface area (Å²) in [7, 11) is 0. The maximum Gasteiger partial charge on any atom is 0.0726 e. The molecule has 0 unspecified atom stereocenters. The molecule has 0 bridgehead atoms. The predicted octanol–water partition coefficient (Wildman–Crippen LogP) is 16.3. The lowest BCUT2D eigenvalue weighted by atomic mass is 9.70. The molecule has 0 heterocycles. The van der Waals surface area contributed by atoms with Crippen LogP contribution in [0.1, 0.15) is 22.3 Å². The minimum atomic E-state index is -0.484. The van der Waals surface area contributed by atoms with Crippen molar-refractivity contribution in [2.24, 2.45) is 0 Å². The fourth-order valence-corrected chi connectivity index (χ4v) is 10.4. The van der Waals surface area contributed by atoms with Gasteiger partial charge in [-0.3, -0.25) is 0 Å². The highest BCUT2D eigenvalue weighted by Gasteiger charge is 2.52. The number of hydrogen-bond acceptors (Lipinski definition) is 2. The van der Waals surface area contributed by atoms with Crippen LogP contribution in [0.5, 0.6) is 0 Å². The highest BCUT2D eigenvalue weighted by molar-refractivity contribution is 6.06. The highest BCUT2D eigenvalue weighted by atomic mass is 15.2. The molecule has 0 fully saturated rings. The molecule has 0 radical (unpaired) electrons. The number of benzene rings is 10. The summed E-state index contributed by atoms with van der Waals surface area (Å²) in [5, 5.41) is 0. The van der Waals surface area contributed by atoms with Crippen molar-refractivity contribution in [3.05, 3.63) is 277 Å². The van der Waals surface area contributed by atoms with E-state index in [4.69, 9.17) is 0 Å². The van der Waals surface area contributed by atoms with Crippen LogP contribution >= 0.6 is 0 Å². The van der Waals surface area contributed by atoms with Crippen molar-refractivity contribution in [2.75, 3.05) is 9.80 Å². The van der Waals surface area contributed by atoms with Gasteiger partial charge >= 0.3 is 0 Å². The van der Waals surface area contributed by atoms with Crippen molar-refractivity contribution in [3.63, 3.8) is 0 Å². The minimum absolute atomic E-state index is 0.484. The van der Waals surface area contributed by atoms with E-state index >= 15 is 0 Å². The van der Waals surface area contributed by atoms with Crippen LogP contribution < -0.4 is 9.80 Å². The first-order chi connectivity index (χ1) is 31.3. The van der Waals surface area contributed by atoms with Gasteiger partial charge < -0.3 is 9.80 Å². The summed E-state index contributed by atoms with van der Waals surface area (Å²) in [5.74, 6) is 0. The lowest BCUT2D eigenvalue weighted by Gasteiger charge is -2.33. The van der Waals surface area contributed by atoms with Crippen molar-refractivity contribution in [1.29, 1.82) is 0 Å². The zero-order valence-electron chi connectivity index (χ0n) is 34.6. The number of rotatable bonds is 8. The highest BCUT2D eigenvalue weighted by Crippen LogP contribution is 2.65. The molecule has 10 aromatic carbocycles. The van der Waals surface area contributed by atoms with Crippen LogP contribution in [0.25, 0.3) is 44.5 Å². The Labute approximate surface area is 369 Å². The Hall–Kier alpha value is -8.20. The number of fused-ring (bicyclic) bond motifs is 10. The maximum absolute atomic E-state index is 2.50. The van der Waals surface area contributed by atoms with Gasteiger partial charge in [-0.2, -0.15) is 0 Å². The normalized spacial score (nSPS) is 12.6. The van der Waals surface area contributed by atoms with E-state index < -0.39 is 5.41 Å². The summed E-state index contributed by atoms with van der Waals surface area (Å²) < 4.78 is 0. The lowest BCUT2D eigenvalue weighted by molar-refractivity contribution is 0.794. The molecule has 0 saturated carbocycles. The van der Waals surface area contributed by atoms with Gasteiger partial charge in [0.2, 0.25) is 0 Å². The van der Waals surface area contributed by atoms with Gasteiger partial charge in [0.25, 0.3) is 0 Å². The van der Waals surface area contributed by atoms with Crippen LogP contribution in [0.4, 0.5) is 34.1 Å². The SMILES string of the molecule is c1ccc(-c2ccc(N(c3ccccc3)c3c(-c4ccc(N(c5ccccc5)c5ccccc5)cc4)ccc4c3-c3ccccc3C43c4ccccc4-c4ccccc43)cc2)cc1. The third-order valence-electron chi connectivity index (χ3n) is 13.1. The Morgan fingerprint density at radius 3 is 1.11 bits per heavy atom. The van der Waals surface area contributed by atoms with E-state index in [1.54, 1.807) is 0 Å². The molecule has 0 N–H and O–H groups in total. The van der Waals surface area contributed by atoms with Crippen LogP contribution in [0.15, 0.2) is 255 Å². The monoisotopic (exact) mass is 802 g/mol. The summed E-state index contributed by atoms with van der Waals surface area (Å²) in [4.78, 5) is 4.83. The van der Waals surface area contributed by atoms with Crippen LogP contribution in [-0.2, 0) is 5.41 Å². The van der Waals surface area contributed by atoms with E-state index in [2.05, 4.69) is 265 Å². The number of para-hydroxylation sites is 3. The maximum atomic E-state index is 2.50. The Balaban J connectivity index is 1.13. The molecule has 0 saturated heterocycles. The molecular weight excluding hydrogens is 761 g/mol. The minimum Gasteiger partial charge on any atom is -0.311 e. The topological polar surface area (TPSA) is 6.48 Å². The van der Waals surface area contributed by atoms with Crippen molar-refractivity contribution >= 4 is 34.1 Å². The van der Waals surface area contributed by atoms with Gasteiger partial charge in [0.1, 0.15) is 0 Å². The molecule has 2 aliphatic carbocycles. The van der Waals surface area contributed by atoms with Crippen molar-refractivity contribution < 1.29 is 0 Å². The van der Waals surface area contributed by atoms with Crippen molar-refractivity contribution in [1.82, 2.24) is 0 Å². The third kappa shape index (κ3) is 5.80. The van der Waals surface area contributed by atoms with Crippen LogP contribution in [0.2, 0.25) is 0 Å². The van der Waals surface area contributed by atoms with E-state index in [1.807, 2.05) is 0 Å². The second-order valence-corrected chi connectivity index (χ2v) is 16.4. The Bertz CT molecular complexity index is 3170. The standard InChI is InChI=1S/C61H42N2/c1-5-19-43(20-6-1)44-33-37-50(38-34-44)63(48-25-11-4-12-26-48)60-51(45-35-39-49(40-36-45)62(46-21-7-2-8-22-46)47-23-9-3-10-24-47)41-42-58-59(60)54-29-15-18-32-57(54)61(58)55-30-16-13-27-52(55)53-28-14-17-31-56(53)61/h1-42H. The molecule has 0 atom stereocenters.